The Balaban J connectivity index is 1.82. The molecule has 0 saturated carbocycles. The van der Waals surface area contributed by atoms with Crippen LogP contribution in [0.3, 0.4) is 0 Å². The molecule has 1 unspecified atom stereocenters. The first-order valence-electron chi connectivity index (χ1n) is 11.9. The molecular weight excluding hydrogens is 454 g/mol. The van der Waals surface area contributed by atoms with Gasteiger partial charge in [0, 0.05) is 26.8 Å². The third-order valence-corrected chi connectivity index (χ3v) is 6.46. The number of carbonyl (C=O) groups is 4. The number of hydrogen-bond acceptors (Lipinski definition) is 6. The zero-order valence-corrected chi connectivity index (χ0v) is 20.9. The molecule has 3 atom stereocenters. The van der Waals surface area contributed by atoms with Crippen LogP contribution >= 0.6 is 0 Å². The Morgan fingerprint density at radius 1 is 1.17 bits per heavy atom. The van der Waals surface area contributed by atoms with Gasteiger partial charge in [-0.25, -0.2) is 9.59 Å². The van der Waals surface area contributed by atoms with Crippen LogP contribution < -0.4 is 5.32 Å². The lowest BCUT2D eigenvalue weighted by molar-refractivity contribution is -0.152. The number of amides is 3. The maximum Gasteiger partial charge on any atom is 0.410 e. The van der Waals surface area contributed by atoms with E-state index in [4.69, 9.17) is 9.47 Å². The number of carbonyl (C=O) groups excluding carboxylic acids is 3. The van der Waals surface area contributed by atoms with Crippen LogP contribution in [0.15, 0.2) is 24.3 Å². The smallest absolute Gasteiger partial charge is 0.410 e. The number of nitrogens with one attached hydrogen (secondary N) is 1. The van der Waals surface area contributed by atoms with Crippen molar-refractivity contribution in [2.24, 2.45) is 5.92 Å². The van der Waals surface area contributed by atoms with Crippen LogP contribution in [-0.2, 0) is 30.4 Å². The van der Waals surface area contributed by atoms with Crippen LogP contribution in [0.1, 0.15) is 57.7 Å². The minimum absolute atomic E-state index is 0.148. The van der Waals surface area contributed by atoms with E-state index in [0.717, 1.165) is 5.56 Å². The van der Waals surface area contributed by atoms with Crippen LogP contribution in [0.4, 0.5) is 4.79 Å². The Morgan fingerprint density at radius 3 is 2.40 bits per heavy atom. The monoisotopic (exact) mass is 489 g/mol. The van der Waals surface area contributed by atoms with Gasteiger partial charge in [0.05, 0.1) is 0 Å². The second-order valence-electron chi connectivity index (χ2n) is 10.1. The zero-order chi connectivity index (χ0) is 25.9. The number of carboxylic acids is 1. The number of likely N-dealkylation sites (N-methyl/N-ethyl adjacent to an activating group) is 1. The van der Waals surface area contributed by atoms with Crippen molar-refractivity contribution in [3.63, 3.8) is 0 Å². The van der Waals surface area contributed by atoms with E-state index in [0.29, 0.717) is 31.6 Å². The van der Waals surface area contributed by atoms with E-state index in [1.54, 1.807) is 52.0 Å². The Morgan fingerprint density at radius 2 is 1.80 bits per heavy atom. The molecule has 2 aliphatic rings. The summed E-state index contributed by atoms with van der Waals surface area (Å²) in [5, 5.41) is 12.7. The highest BCUT2D eigenvalue weighted by atomic mass is 16.6. The minimum Gasteiger partial charge on any atom is -0.479 e. The molecule has 0 aromatic heterocycles. The van der Waals surface area contributed by atoms with Gasteiger partial charge in [-0.15, -0.1) is 0 Å². The lowest BCUT2D eigenvalue weighted by atomic mass is 9.90. The topological polar surface area (TPSA) is 125 Å². The van der Waals surface area contributed by atoms with Crippen LogP contribution in [0.25, 0.3) is 0 Å². The summed E-state index contributed by atoms with van der Waals surface area (Å²) >= 11 is 0. The molecule has 35 heavy (non-hydrogen) atoms. The second kappa shape index (κ2) is 10.6. The van der Waals surface area contributed by atoms with Gasteiger partial charge in [-0.1, -0.05) is 24.3 Å². The summed E-state index contributed by atoms with van der Waals surface area (Å²) in [5.41, 5.74) is 0.616. The maximum absolute atomic E-state index is 13.8. The number of hydrogen-bond donors (Lipinski definition) is 2. The van der Waals surface area contributed by atoms with Gasteiger partial charge in [-0.2, -0.15) is 0 Å². The molecule has 1 fully saturated rings. The second-order valence-corrected chi connectivity index (χ2v) is 10.1. The van der Waals surface area contributed by atoms with Crippen molar-refractivity contribution in [1.82, 2.24) is 15.1 Å². The molecule has 2 aliphatic heterocycles. The van der Waals surface area contributed by atoms with Crippen LogP contribution in [0.2, 0.25) is 0 Å². The van der Waals surface area contributed by atoms with Crippen molar-refractivity contribution in [3.8, 4) is 0 Å². The van der Waals surface area contributed by atoms with E-state index >= 15 is 0 Å². The summed E-state index contributed by atoms with van der Waals surface area (Å²) in [4.78, 5) is 54.0. The highest BCUT2D eigenvalue weighted by Gasteiger charge is 2.44. The summed E-state index contributed by atoms with van der Waals surface area (Å²) in [6.45, 7) is 7.79. The predicted octanol–water partition coefficient (Wildman–Crippen LogP) is 2.32. The Hall–Kier alpha value is -3.14. The van der Waals surface area contributed by atoms with E-state index in [2.05, 4.69) is 5.32 Å². The first-order chi connectivity index (χ1) is 16.4. The molecular formula is C25H35N3O7. The fourth-order valence-corrected chi connectivity index (χ4v) is 4.41. The van der Waals surface area contributed by atoms with Crippen molar-refractivity contribution in [2.75, 3.05) is 20.3 Å². The van der Waals surface area contributed by atoms with Gasteiger partial charge in [-0.3, -0.25) is 14.5 Å². The standard InChI is InChI=1S/C25H35N3O7/c1-15(27(5)24(33)35-25(2,3)4)21(29)26-19(16-10-12-34-13-11-16)22(30)28-14-17-8-6-7-9-18(17)20(28)23(31)32/h6-9,15-16,19-20H,10-14H2,1-5H3,(H,26,29)(H,31,32)/t15-,19-,20?/m0/s1. The number of fused-ring (bicyclic) bond motifs is 1. The molecule has 0 spiro atoms. The molecule has 0 bridgehead atoms. The van der Waals surface area contributed by atoms with Crippen LogP contribution in [0, 0.1) is 5.92 Å². The van der Waals surface area contributed by atoms with Gasteiger partial charge in [-0.05, 0) is 57.6 Å². The summed E-state index contributed by atoms with van der Waals surface area (Å²) in [7, 11) is 1.46. The maximum atomic E-state index is 13.8. The van der Waals surface area contributed by atoms with Crippen molar-refractivity contribution in [2.45, 2.75) is 70.8 Å². The van der Waals surface area contributed by atoms with Gasteiger partial charge < -0.3 is 24.8 Å². The molecule has 10 heteroatoms. The van der Waals surface area contributed by atoms with Gasteiger partial charge in [0.25, 0.3) is 0 Å². The highest BCUT2D eigenvalue weighted by molar-refractivity contribution is 5.94. The molecule has 1 aromatic rings. The summed E-state index contributed by atoms with van der Waals surface area (Å²) in [6.07, 6.45) is 0.437. The van der Waals surface area contributed by atoms with E-state index in [1.807, 2.05) is 0 Å². The molecule has 1 aromatic carbocycles. The van der Waals surface area contributed by atoms with Gasteiger partial charge in [0.15, 0.2) is 6.04 Å². The van der Waals surface area contributed by atoms with E-state index in [1.165, 1.54) is 16.8 Å². The number of aliphatic carboxylic acids is 1. The Kier molecular flexibility index (Phi) is 8.04. The van der Waals surface area contributed by atoms with Crippen LogP contribution in [-0.4, -0.2) is 76.7 Å². The van der Waals surface area contributed by atoms with E-state index < -0.39 is 47.6 Å². The SMILES string of the molecule is C[C@@H](C(=O)N[C@H](C(=O)N1Cc2ccccc2C1C(=O)O)C1CCOCC1)N(C)C(=O)OC(C)(C)C. The fraction of sp³-hybridized carbons (Fsp3) is 0.600. The number of rotatable bonds is 6. The first-order valence-corrected chi connectivity index (χ1v) is 11.9. The quantitative estimate of drug-likeness (QED) is 0.628. The highest BCUT2D eigenvalue weighted by Crippen LogP contribution is 2.35. The number of ether oxygens (including phenoxy) is 2. The van der Waals surface area contributed by atoms with Crippen LogP contribution in [0.5, 0.6) is 0 Å². The molecule has 0 radical (unpaired) electrons. The summed E-state index contributed by atoms with van der Waals surface area (Å²) < 4.78 is 10.8. The molecule has 2 N–H and O–H groups in total. The fourth-order valence-electron chi connectivity index (χ4n) is 4.41. The number of nitrogens with zero attached hydrogens (tertiary/aromatic N) is 2. The first kappa shape index (κ1) is 26.5. The minimum atomic E-state index is -1.13. The number of benzene rings is 1. The molecule has 192 valence electrons. The third kappa shape index (κ3) is 6.11. The Labute approximate surface area is 205 Å². The van der Waals surface area contributed by atoms with Crippen molar-refractivity contribution in [1.29, 1.82) is 0 Å². The number of carboxylic acid groups (broad SMARTS) is 1. The molecule has 3 amide bonds. The van der Waals surface area contributed by atoms with Gasteiger partial charge in [0.1, 0.15) is 17.7 Å². The zero-order valence-electron chi connectivity index (χ0n) is 20.9. The van der Waals surface area contributed by atoms with E-state index in [9.17, 15) is 24.3 Å². The average molecular weight is 490 g/mol. The molecule has 2 heterocycles. The normalized spacial score (nSPS) is 19.9. The predicted molar refractivity (Wildman–Crippen MR) is 126 cm³/mol. The largest absolute Gasteiger partial charge is 0.479 e. The molecule has 10 nitrogen and oxygen atoms in total. The van der Waals surface area contributed by atoms with Gasteiger partial charge in [0.2, 0.25) is 11.8 Å². The average Bonchev–Trinajstić information content (AvgIpc) is 3.20. The molecule has 0 aliphatic carbocycles. The van der Waals surface area contributed by atoms with Crippen molar-refractivity contribution in [3.05, 3.63) is 35.4 Å². The van der Waals surface area contributed by atoms with Crippen molar-refractivity contribution >= 4 is 23.9 Å². The summed E-state index contributed by atoms with van der Waals surface area (Å²) in [6, 6.07) is 4.08. The lowest BCUT2D eigenvalue weighted by Crippen LogP contribution is -2.57. The summed E-state index contributed by atoms with van der Waals surface area (Å²) in [5.74, 6) is -2.33. The van der Waals surface area contributed by atoms with E-state index in [-0.39, 0.29) is 12.5 Å². The third-order valence-electron chi connectivity index (χ3n) is 6.46. The molecule has 1 saturated heterocycles. The van der Waals surface area contributed by atoms with Crippen molar-refractivity contribution < 1.29 is 33.8 Å². The lowest BCUT2D eigenvalue weighted by Gasteiger charge is -2.35. The van der Waals surface area contributed by atoms with Gasteiger partial charge >= 0.3 is 12.1 Å². The Bertz CT molecular complexity index is 968. The molecule has 3 rings (SSSR count).